The molecule has 2 rings (SSSR count). The third kappa shape index (κ3) is 1.80. The molecule has 0 N–H and O–H groups in total. The summed E-state index contributed by atoms with van der Waals surface area (Å²) in [7, 11) is 0. The molecule has 16 heavy (non-hydrogen) atoms. The van der Waals surface area contributed by atoms with Crippen LogP contribution in [-0.4, -0.2) is 14.8 Å². The molecule has 1 radical (unpaired) electrons. The van der Waals surface area contributed by atoms with E-state index in [0.29, 0.717) is 5.69 Å². The Morgan fingerprint density at radius 3 is 2.75 bits per heavy atom. The van der Waals surface area contributed by atoms with Crippen LogP contribution in [0.2, 0.25) is 0 Å². The first-order valence-electron chi connectivity index (χ1n) is 4.76. The second kappa shape index (κ2) is 3.66. The standard InChI is InChI=1S/C11H10F2N3/c1-8-5-7-15-16(8)10-9(11(2,12)13)4-3-6-14-10/h3-4,6-7H,1-2H3. The van der Waals surface area contributed by atoms with Crippen LogP contribution in [0.3, 0.4) is 0 Å². The number of rotatable bonds is 2. The summed E-state index contributed by atoms with van der Waals surface area (Å²) in [5, 5.41) is 3.93. The second-order valence-electron chi connectivity index (χ2n) is 3.55. The van der Waals surface area contributed by atoms with Gasteiger partial charge >= 0.3 is 0 Å². The van der Waals surface area contributed by atoms with E-state index >= 15 is 0 Å². The number of pyridine rings is 1. The molecule has 0 aromatic carbocycles. The number of nitrogens with zero attached hydrogens (tertiary/aromatic N) is 3. The van der Waals surface area contributed by atoms with Crippen LogP contribution < -0.4 is 0 Å². The van der Waals surface area contributed by atoms with Gasteiger partial charge in [0, 0.05) is 19.2 Å². The highest BCUT2D eigenvalue weighted by molar-refractivity contribution is 5.36. The Morgan fingerprint density at radius 2 is 2.19 bits per heavy atom. The minimum absolute atomic E-state index is 0.143. The fraction of sp³-hybridized carbons (Fsp3) is 0.273. The van der Waals surface area contributed by atoms with Crippen molar-refractivity contribution in [1.82, 2.24) is 14.8 Å². The van der Waals surface area contributed by atoms with Crippen molar-refractivity contribution in [2.75, 3.05) is 0 Å². The number of halogens is 2. The summed E-state index contributed by atoms with van der Waals surface area (Å²) in [5.41, 5.74) is 0.499. The quantitative estimate of drug-likeness (QED) is 0.781. The van der Waals surface area contributed by atoms with Gasteiger partial charge in [-0.3, -0.25) is 0 Å². The first-order chi connectivity index (χ1) is 7.50. The minimum atomic E-state index is -2.94. The van der Waals surface area contributed by atoms with E-state index in [4.69, 9.17) is 0 Å². The molecule has 0 atom stereocenters. The van der Waals surface area contributed by atoms with Gasteiger partial charge in [0.05, 0.1) is 17.5 Å². The lowest BCUT2D eigenvalue weighted by Gasteiger charge is -2.15. The van der Waals surface area contributed by atoms with Gasteiger partial charge in [-0.1, -0.05) is 0 Å². The first-order valence-corrected chi connectivity index (χ1v) is 4.76. The van der Waals surface area contributed by atoms with Gasteiger partial charge in [-0.25, -0.2) is 18.4 Å². The smallest absolute Gasteiger partial charge is 0.237 e. The highest BCUT2D eigenvalue weighted by atomic mass is 19.3. The van der Waals surface area contributed by atoms with Crippen LogP contribution in [0, 0.1) is 13.0 Å². The third-order valence-corrected chi connectivity index (χ3v) is 2.22. The maximum atomic E-state index is 13.3. The van der Waals surface area contributed by atoms with Gasteiger partial charge in [-0.15, -0.1) is 0 Å². The number of hydrogen-bond acceptors (Lipinski definition) is 2. The predicted octanol–water partition coefficient (Wildman–Crippen LogP) is 2.49. The van der Waals surface area contributed by atoms with Crippen molar-refractivity contribution in [3.63, 3.8) is 0 Å². The predicted molar refractivity (Wildman–Crippen MR) is 54.5 cm³/mol. The zero-order chi connectivity index (χ0) is 11.8. The van der Waals surface area contributed by atoms with Crippen LogP contribution in [-0.2, 0) is 5.92 Å². The van der Waals surface area contributed by atoms with E-state index in [0.717, 1.165) is 6.92 Å². The molecule has 0 spiro atoms. The maximum absolute atomic E-state index is 13.3. The lowest BCUT2D eigenvalue weighted by molar-refractivity contribution is 0.0170. The Kier molecular flexibility index (Phi) is 2.46. The monoisotopic (exact) mass is 222 g/mol. The van der Waals surface area contributed by atoms with E-state index in [1.54, 1.807) is 6.92 Å². The number of hydrogen-bond donors (Lipinski definition) is 0. The average molecular weight is 222 g/mol. The summed E-state index contributed by atoms with van der Waals surface area (Å²) in [6.45, 7) is 2.58. The van der Waals surface area contributed by atoms with Gasteiger partial charge < -0.3 is 0 Å². The third-order valence-electron chi connectivity index (χ3n) is 2.22. The summed E-state index contributed by atoms with van der Waals surface area (Å²) in [6, 6.07) is 5.65. The van der Waals surface area contributed by atoms with E-state index in [-0.39, 0.29) is 11.4 Å². The van der Waals surface area contributed by atoms with Crippen molar-refractivity contribution in [1.29, 1.82) is 0 Å². The van der Waals surface area contributed by atoms with Crippen LogP contribution in [0.25, 0.3) is 5.82 Å². The fourth-order valence-electron chi connectivity index (χ4n) is 1.45. The number of aromatic nitrogens is 3. The molecule has 0 aliphatic carbocycles. The molecule has 3 nitrogen and oxygen atoms in total. The Labute approximate surface area is 91.7 Å². The molecule has 0 saturated heterocycles. The van der Waals surface area contributed by atoms with Gasteiger partial charge in [0.1, 0.15) is 0 Å². The van der Waals surface area contributed by atoms with Gasteiger partial charge in [-0.05, 0) is 19.1 Å². The summed E-state index contributed by atoms with van der Waals surface area (Å²) in [4.78, 5) is 3.95. The van der Waals surface area contributed by atoms with Crippen LogP contribution in [0.4, 0.5) is 8.78 Å². The van der Waals surface area contributed by atoms with Gasteiger partial charge in [-0.2, -0.15) is 5.10 Å². The molecule has 0 fully saturated rings. The maximum Gasteiger partial charge on any atom is 0.274 e. The molecule has 0 unspecified atom stereocenters. The highest BCUT2D eigenvalue weighted by Gasteiger charge is 2.29. The Hall–Kier alpha value is -1.78. The SMILES string of the molecule is Cc1[c]cnn1-c1ncccc1C(C)(F)F. The Morgan fingerprint density at radius 1 is 1.44 bits per heavy atom. The number of aryl methyl sites for hydroxylation is 1. The normalized spacial score (nSPS) is 11.8. The second-order valence-corrected chi connectivity index (χ2v) is 3.55. The van der Waals surface area contributed by atoms with Crippen LogP contribution in [0.5, 0.6) is 0 Å². The zero-order valence-corrected chi connectivity index (χ0v) is 8.91. The summed E-state index contributed by atoms with van der Waals surface area (Å²) < 4.78 is 28.0. The molecule has 83 valence electrons. The molecule has 0 bridgehead atoms. The lowest BCUT2D eigenvalue weighted by atomic mass is 10.1. The van der Waals surface area contributed by atoms with Gasteiger partial charge in [0.25, 0.3) is 5.92 Å². The van der Waals surface area contributed by atoms with E-state index in [1.807, 2.05) is 0 Å². The Balaban J connectivity index is 2.62. The summed E-state index contributed by atoms with van der Waals surface area (Å²) in [6.07, 6.45) is 2.90. The summed E-state index contributed by atoms with van der Waals surface area (Å²) >= 11 is 0. The van der Waals surface area contributed by atoms with Crippen molar-refractivity contribution in [3.8, 4) is 5.82 Å². The van der Waals surface area contributed by atoms with Crippen molar-refractivity contribution < 1.29 is 8.78 Å². The molecule has 0 aliphatic rings. The molecule has 2 heterocycles. The van der Waals surface area contributed by atoms with Crippen molar-refractivity contribution >= 4 is 0 Å². The molecular formula is C11H10F2N3. The summed E-state index contributed by atoms with van der Waals surface area (Å²) in [5.74, 6) is -2.80. The molecule has 2 aromatic rings. The van der Waals surface area contributed by atoms with E-state index in [9.17, 15) is 8.78 Å². The van der Waals surface area contributed by atoms with Crippen LogP contribution in [0.1, 0.15) is 18.2 Å². The molecule has 5 heteroatoms. The highest BCUT2D eigenvalue weighted by Crippen LogP contribution is 2.30. The largest absolute Gasteiger partial charge is 0.274 e. The lowest BCUT2D eigenvalue weighted by Crippen LogP contribution is -2.14. The van der Waals surface area contributed by atoms with Crippen LogP contribution >= 0.6 is 0 Å². The van der Waals surface area contributed by atoms with Gasteiger partial charge in [0.15, 0.2) is 5.82 Å². The van der Waals surface area contributed by atoms with Crippen molar-refractivity contribution in [3.05, 3.63) is 41.9 Å². The average Bonchev–Trinajstić information content (AvgIpc) is 2.63. The molecule has 2 aromatic heterocycles. The minimum Gasteiger partial charge on any atom is -0.237 e. The van der Waals surface area contributed by atoms with Crippen LogP contribution in [0.15, 0.2) is 24.5 Å². The van der Waals surface area contributed by atoms with E-state index in [1.165, 1.54) is 29.2 Å². The molecule has 0 saturated carbocycles. The first kappa shape index (κ1) is 10.7. The number of alkyl halides is 2. The van der Waals surface area contributed by atoms with Gasteiger partial charge in [0.2, 0.25) is 0 Å². The molecule has 0 amide bonds. The van der Waals surface area contributed by atoms with E-state index in [2.05, 4.69) is 16.1 Å². The topological polar surface area (TPSA) is 30.7 Å². The molecule has 0 aliphatic heterocycles. The van der Waals surface area contributed by atoms with Crippen molar-refractivity contribution in [2.45, 2.75) is 19.8 Å². The Bertz CT molecular complexity index is 500. The fourth-order valence-corrected chi connectivity index (χ4v) is 1.45. The van der Waals surface area contributed by atoms with E-state index < -0.39 is 5.92 Å². The molecular weight excluding hydrogens is 212 g/mol. The zero-order valence-electron chi connectivity index (χ0n) is 8.91. The van der Waals surface area contributed by atoms with Crippen molar-refractivity contribution in [2.24, 2.45) is 0 Å².